The Morgan fingerprint density at radius 1 is 0.520 bits per heavy atom. The molecular formula is C19H24O6. The first-order chi connectivity index (χ1) is 12.3. The Kier molecular flexibility index (Phi) is 16.9. The van der Waals surface area contributed by atoms with Crippen LogP contribution in [0.2, 0.25) is 0 Å². The van der Waals surface area contributed by atoms with Gasteiger partial charge < -0.3 is 28.4 Å². The van der Waals surface area contributed by atoms with Crippen molar-refractivity contribution >= 4 is 0 Å². The Balaban J connectivity index is 3.97. The summed E-state index contributed by atoms with van der Waals surface area (Å²) < 4.78 is 32.0. The summed E-state index contributed by atoms with van der Waals surface area (Å²) in [6, 6.07) is 0. The minimum Gasteiger partial charge on any atom is -0.366 e. The Labute approximate surface area is 150 Å². The van der Waals surface area contributed by atoms with Crippen LogP contribution < -0.4 is 0 Å². The highest BCUT2D eigenvalue weighted by Gasteiger charge is 2.11. The fourth-order valence-electron chi connectivity index (χ4n) is 1.54. The van der Waals surface area contributed by atoms with Crippen LogP contribution in [0.5, 0.6) is 0 Å². The van der Waals surface area contributed by atoms with Crippen molar-refractivity contribution in [3.05, 3.63) is 0 Å². The predicted octanol–water partition coefficient (Wildman–Crippen LogP) is 0.314. The smallest absolute Gasteiger partial charge is 0.146 e. The van der Waals surface area contributed by atoms with Gasteiger partial charge in [0.25, 0.3) is 0 Å². The third-order valence-corrected chi connectivity index (χ3v) is 2.56. The standard InChI is InChI=1S/C19H24O6/c1-5-9-20-13-18(24-11-7-3)15-22-17-23-16-19(25-12-8-4)14-21-10-6-2/h1-4,18-19H,9-17H2. The first-order valence-corrected chi connectivity index (χ1v) is 7.56. The zero-order valence-corrected chi connectivity index (χ0v) is 14.3. The van der Waals surface area contributed by atoms with Crippen LogP contribution >= 0.6 is 0 Å². The second-order valence-electron chi connectivity index (χ2n) is 4.57. The maximum Gasteiger partial charge on any atom is 0.146 e. The molecule has 0 aliphatic rings. The molecule has 0 fully saturated rings. The Morgan fingerprint density at radius 2 is 0.880 bits per heavy atom. The molecule has 0 heterocycles. The maximum atomic E-state index is 5.39. The van der Waals surface area contributed by atoms with Crippen LogP contribution in [0.3, 0.4) is 0 Å². The zero-order chi connectivity index (χ0) is 18.6. The first-order valence-electron chi connectivity index (χ1n) is 7.56. The molecule has 0 bridgehead atoms. The van der Waals surface area contributed by atoms with Gasteiger partial charge in [-0.05, 0) is 0 Å². The Morgan fingerprint density at radius 3 is 1.24 bits per heavy atom. The number of hydrogen-bond acceptors (Lipinski definition) is 6. The first kappa shape index (κ1) is 23.0. The Hall–Kier alpha value is -2.00. The molecule has 0 rings (SSSR count). The van der Waals surface area contributed by atoms with E-state index in [2.05, 4.69) is 23.7 Å². The maximum absolute atomic E-state index is 5.39. The van der Waals surface area contributed by atoms with Crippen LogP contribution in [0, 0.1) is 49.4 Å². The SMILES string of the molecule is C#CCOCC(COCOCC(COCC#C)OCC#C)OCC#C. The van der Waals surface area contributed by atoms with E-state index in [1.54, 1.807) is 0 Å². The lowest BCUT2D eigenvalue weighted by atomic mass is 10.4. The Bertz CT molecular complexity index is 432. The molecule has 2 unspecified atom stereocenters. The van der Waals surface area contributed by atoms with Crippen LogP contribution in [0.4, 0.5) is 0 Å². The number of terminal acetylenes is 4. The molecule has 2 atom stereocenters. The van der Waals surface area contributed by atoms with Crippen LogP contribution in [0.15, 0.2) is 0 Å². The lowest BCUT2D eigenvalue weighted by molar-refractivity contribution is -0.126. The summed E-state index contributed by atoms with van der Waals surface area (Å²) in [5.74, 6) is 9.51. The van der Waals surface area contributed by atoms with Gasteiger partial charge in [-0.2, -0.15) is 0 Å². The zero-order valence-electron chi connectivity index (χ0n) is 14.3. The molecule has 0 aromatic carbocycles. The third kappa shape index (κ3) is 15.3. The molecule has 0 radical (unpaired) electrons. The molecule has 0 aliphatic carbocycles. The van der Waals surface area contributed by atoms with Crippen molar-refractivity contribution in [1.82, 2.24) is 0 Å². The van der Waals surface area contributed by atoms with Crippen LogP contribution in [0.25, 0.3) is 0 Å². The van der Waals surface area contributed by atoms with Gasteiger partial charge in [-0.25, -0.2) is 0 Å². The normalized spacial score (nSPS) is 12.3. The summed E-state index contributed by atoms with van der Waals surface area (Å²) in [4.78, 5) is 0. The summed E-state index contributed by atoms with van der Waals surface area (Å²) in [6.07, 6.45) is 19.9. The van der Waals surface area contributed by atoms with Crippen molar-refractivity contribution in [2.45, 2.75) is 12.2 Å². The highest BCUT2D eigenvalue weighted by atomic mass is 16.7. The number of ether oxygens (including phenoxy) is 6. The van der Waals surface area contributed by atoms with Gasteiger partial charge >= 0.3 is 0 Å². The van der Waals surface area contributed by atoms with Gasteiger partial charge in [0, 0.05) is 0 Å². The van der Waals surface area contributed by atoms with Crippen molar-refractivity contribution in [2.24, 2.45) is 0 Å². The monoisotopic (exact) mass is 348 g/mol. The summed E-state index contributed by atoms with van der Waals surface area (Å²) in [5, 5.41) is 0. The van der Waals surface area contributed by atoms with Crippen molar-refractivity contribution in [3.8, 4) is 49.4 Å². The second kappa shape index (κ2) is 18.3. The third-order valence-electron chi connectivity index (χ3n) is 2.56. The average molecular weight is 348 g/mol. The largest absolute Gasteiger partial charge is 0.366 e. The number of hydrogen-bond donors (Lipinski definition) is 0. The lowest BCUT2D eigenvalue weighted by Crippen LogP contribution is -2.29. The molecule has 136 valence electrons. The summed E-state index contributed by atoms with van der Waals surface area (Å²) in [5.41, 5.74) is 0. The van der Waals surface area contributed by atoms with Crippen molar-refractivity contribution in [2.75, 3.05) is 59.6 Å². The van der Waals surface area contributed by atoms with E-state index >= 15 is 0 Å². The quantitative estimate of drug-likeness (QED) is 0.227. The molecule has 0 saturated carbocycles. The van der Waals surface area contributed by atoms with E-state index in [0.717, 1.165) is 0 Å². The highest BCUT2D eigenvalue weighted by Crippen LogP contribution is 1.98. The molecule has 0 N–H and O–H groups in total. The second-order valence-corrected chi connectivity index (χ2v) is 4.57. The molecule has 6 heteroatoms. The van der Waals surface area contributed by atoms with Crippen molar-refractivity contribution in [1.29, 1.82) is 0 Å². The molecular weight excluding hydrogens is 324 g/mol. The summed E-state index contributed by atoms with van der Waals surface area (Å²) in [7, 11) is 0. The van der Waals surface area contributed by atoms with Gasteiger partial charge in [0.15, 0.2) is 0 Å². The van der Waals surface area contributed by atoms with Gasteiger partial charge in [0.05, 0.1) is 26.4 Å². The van der Waals surface area contributed by atoms with Gasteiger partial charge in [0.1, 0.15) is 45.4 Å². The van der Waals surface area contributed by atoms with Crippen LogP contribution in [-0.4, -0.2) is 71.9 Å². The van der Waals surface area contributed by atoms with E-state index < -0.39 is 0 Å². The average Bonchev–Trinajstić information content (AvgIpc) is 2.62. The van der Waals surface area contributed by atoms with Gasteiger partial charge in [0.2, 0.25) is 0 Å². The van der Waals surface area contributed by atoms with E-state index in [4.69, 9.17) is 54.1 Å². The fourth-order valence-corrected chi connectivity index (χ4v) is 1.54. The highest BCUT2D eigenvalue weighted by molar-refractivity contribution is 4.85. The molecule has 0 aliphatic heterocycles. The van der Waals surface area contributed by atoms with Gasteiger partial charge in [-0.3, -0.25) is 0 Å². The fraction of sp³-hybridized carbons (Fsp3) is 0.579. The molecule has 6 nitrogen and oxygen atoms in total. The number of rotatable bonds is 16. The van der Waals surface area contributed by atoms with Crippen LogP contribution in [-0.2, 0) is 28.4 Å². The van der Waals surface area contributed by atoms with E-state index in [0.29, 0.717) is 0 Å². The van der Waals surface area contributed by atoms with Gasteiger partial charge in [-0.1, -0.05) is 23.7 Å². The van der Waals surface area contributed by atoms with E-state index in [1.165, 1.54) is 0 Å². The minimum absolute atomic E-state index is 0.0378. The van der Waals surface area contributed by atoms with E-state index in [1.807, 2.05) is 0 Å². The van der Waals surface area contributed by atoms with E-state index in [-0.39, 0.29) is 71.9 Å². The summed E-state index contributed by atoms with van der Waals surface area (Å²) >= 11 is 0. The molecule has 25 heavy (non-hydrogen) atoms. The molecule has 0 spiro atoms. The summed E-state index contributed by atoms with van der Waals surface area (Å²) in [6.45, 7) is 1.78. The molecule has 0 amide bonds. The van der Waals surface area contributed by atoms with Crippen LogP contribution in [0.1, 0.15) is 0 Å². The molecule has 0 saturated heterocycles. The van der Waals surface area contributed by atoms with Crippen molar-refractivity contribution < 1.29 is 28.4 Å². The van der Waals surface area contributed by atoms with Gasteiger partial charge in [-0.15, -0.1) is 25.7 Å². The predicted molar refractivity (Wildman–Crippen MR) is 93.2 cm³/mol. The van der Waals surface area contributed by atoms with Crippen molar-refractivity contribution in [3.63, 3.8) is 0 Å². The lowest BCUT2D eigenvalue weighted by Gasteiger charge is -2.18. The minimum atomic E-state index is -0.333. The topological polar surface area (TPSA) is 55.4 Å². The van der Waals surface area contributed by atoms with E-state index in [9.17, 15) is 0 Å². The molecule has 0 aromatic heterocycles. The molecule has 0 aromatic rings.